The van der Waals surface area contributed by atoms with E-state index in [1.54, 1.807) is 12.0 Å². The normalized spacial score (nSPS) is 17.5. The molecule has 0 bridgehead atoms. The Morgan fingerprint density at radius 1 is 1.17 bits per heavy atom. The van der Waals surface area contributed by atoms with Crippen LogP contribution in [-0.4, -0.2) is 49.4 Å². The molecule has 4 rings (SSSR count). The second-order valence-corrected chi connectivity index (χ2v) is 10.0. The Hall–Kier alpha value is -3.55. The third kappa shape index (κ3) is 5.32. The van der Waals surface area contributed by atoms with Crippen LogP contribution in [0.4, 0.5) is 16.2 Å². The van der Waals surface area contributed by atoms with Gasteiger partial charge in [-0.3, -0.25) is 4.90 Å². The largest absolute Gasteiger partial charge is 0.494 e. The summed E-state index contributed by atoms with van der Waals surface area (Å²) in [5.41, 5.74) is 1.80. The molecule has 3 aromatic rings. The number of amides is 1. The van der Waals surface area contributed by atoms with E-state index < -0.39 is 5.60 Å². The maximum atomic E-state index is 13.2. The van der Waals surface area contributed by atoms with E-state index in [2.05, 4.69) is 30.7 Å². The van der Waals surface area contributed by atoms with Crippen molar-refractivity contribution in [2.45, 2.75) is 52.1 Å². The van der Waals surface area contributed by atoms with Crippen molar-refractivity contribution in [2.75, 3.05) is 37.5 Å². The third-order valence-corrected chi connectivity index (χ3v) is 6.59. The second kappa shape index (κ2) is 10.6. The number of ether oxygens (including phenoxy) is 3. The lowest BCUT2D eigenvalue weighted by atomic mass is 9.89. The van der Waals surface area contributed by atoms with Gasteiger partial charge in [0.15, 0.2) is 0 Å². The van der Waals surface area contributed by atoms with E-state index in [1.807, 2.05) is 55.4 Å². The topological polar surface area (TPSA) is 77.0 Å². The van der Waals surface area contributed by atoms with Crippen LogP contribution in [0.3, 0.4) is 0 Å². The van der Waals surface area contributed by atoms with Gasteiger partial charge in [-0.05, 0) is 43.4 Å². The van der Waals surface area contributed by atoms with E-state index in [9.17, 15) is 4.79 Å². The summed E-state index contributed by atoms with van der Waals surface area (Å²) in [6, 6.07) is 11.5. The minimum atomic E-state index is -0.505. The lowest BCUT2D eigenvalue weighted by Gasteiger charge is -2.27. The van der Waals surface area contributed by atoms with E-state index in [0.717, 1.165) is 31.4 Å². The molecule has 1 saturated heterocycles. The van der Waals surface area contributed by atoms with Crippen molar-refractivity contribution in [1.29, 1.82) is 0 Å². The summed E-state index contributed by atoms with van der Waals surface area (Å²) in [4.78, 5) is 25.7. The predicted octanol–water partition coefficient (Wildman–Crippen LogP) is 6.43. The number of rotatable bonds is 10. The first-order valence-electron chi connectivity index (χ1n) is 12.5. The molecule has 1 aliphatic rings. The fourth-order valence-corrected chi connectivity index (χ4v) is 4.64. The molecular formula is C28H36N4O4. The Labute approximate surface area is 213 Å². The van der Waals surface area contributed by atoms with E-state index in [4.69, 9.17) is 14.2 Å². The first-order chi connectivity index (χ1) is 17.2. The number of benzene rings is 2. The molecule has 36 heavy (non-hydrogen) atoms. The van der Waals surface area contributed by atoms with Crippen LogP contribution in [0.2, 0.25) is 0 Å². The Bertz CT molecular complexity index is 1230. The standard InChI is InChI=1S/C28H36N4O4/c1-7-12-28(13-11-19(2)3)17-32(27(33)36-28)24-15-22-23(16-25(24)34-6)29-18-30-26(22)35-21-10-8-9-20(14-21)31(4)5/h8-10,14-16,18-19H,7,11-13,17H2,1-6H3. The first kappa shape index (κ1) is 25.5. The van der Waals surface area contributed by atoms with Gasteiger partial charge >= 0.3 is 6.09 Å². The summed E-state index contributed by atoms with van der Waals surface area (Å²) in [7, 11) is 5.55. The average Bonchev–Trinajstić information content (AvgIpc) is 3.18. The fraction of sp³-hybridized carbons (Fsp3) is 0.464. The van der Waals surface area contributed by atoms with Gasteiger partial charge < -0.3 is 19.1 Å². The summed E-state index contributed by atoms with van der Waals surface area (Å²) in [6.07, 6.45) is 4.69. The van der Waals surface area contributed by atoms with Crippen molar-refractivity contribution >= 4 is 28.4 Å². The van der Waals surface area contributed by atoms with E-state index >= 15 is 0 Å². The van der Waals surface area contributed by atoms with Crippen LogP contribution in [0.25, 0.3) is 10.9 Å². The summed E-state index contributed by atoms with van der Waals surface area (Å²) >= 11 is 0. The number of hydrogen-bond donors (Lipinski definition) is 0. The lowest BCUT2D eigenvalue weighted by Crippen LogP contribution is -2.35. The van der Waals surface area contributed by atoms with Gasteiger partial charge in [-0.1, -0.05) is 33.3 Å². The first-order valence-corrected chi connectivity index (χ1v) is 12.5. The molecule has 0 N–H and O–H groups in total. The van der Waals surface area contributed by atoms with Gasteiger partial charge in [-0.25, -0.2) is 14.8 Å². The molecule has 0 saturated carbocycles. The lowest BCUT2D eigenvalue weighted by molar-refractivity contribution is 0.0374. The highest BCUT2D eigenvalue weighted by Gasteiger charge is 2.45. The van der Waals surface area contributed by atoms with Gasteiger partial charge in [0.2, 0.25) is 5.88 Å². The summed E-state index contributed by atoms with van der Waals surface area (Å²) in [5.74, 6) is 2.15. The van der Waals surface area contributed by atoms with E-state index in [1.165, 1.54) is 6.33 Å². The van der Waals surface area contributed by atoms with Gasteiger partial charge in [0.1, 0.15) is 23.4 Å². The van der Waals surface area contributed by atoms with Crippen LogP contribution < -0.4 is 19.3 Å². The number of cyclic esters (lactones) is 1. The monoisotopic (exact) mass is 492 g/mol. The number of anilines is 2. The fourth-order valence-electron chi connectivity index (χ4n) is 4.64. The predicted molar refractivity (Wildman–Crippen MR) is 142 cm³/mol. The quantitative estimate of drug-likeness (QED) is 0.323. The van der Waals surface area contributed by atoms with Crippen molar-refractivity contribution in [3.05, 3.63) is 42.7 Å². The van der Waals surface area contributed by atoms with Crippen molar-refractivity contribution in [2.24, 2.45) is 5.92 Å². The number of methoxy groups -OCH3 is 1. The second-order valence-electron chi connectivity index (χ2n) is 10.0. The Morgan fingerprint density at radius 3 is 2.67 bits per heavy atom. The molecular weight excluding hydrogens is 456 g/mol. The van der Waals surface area contributed by atoms with Crippen molar-refractivity contribution in [3.63, 3.8) is 0 Å². The Balaban J connectivity index is 1.72. The number of nitrogens with zero attached hydrogens (tertiary/aromatic N) is 4. The number of carbonyl (C=O) groups is 1. The summed E-state index contributed by atoms with van der Waals surface area (Å²) in [5, 5.41) is 0.687. The van der Waals surface area contributed by atoms with E-state index in [-0.39, 0.29) is 6.09 Å². The minimum Gasteiger partial charge on any atom is -0.494 e. The van der Waals surface area contributed by atoms with E-state index in [0.29, 0.717) is 46.4 Å². The molecule has 1 amide bonds. The average molecular weight is 493 g/mol. The zero-order valence-electron chi connectivity index (χ0n) is 22.1. The zero-order valence-corrected chi connectivity index (χ0v) is 22.1. The molecule has 8 nitrogen and oxygen atoms in total. The molecule has 192 valence electrons. The van der Waals surface area contributed by atoms with Gasteiger partial charge in [0, 0.05) is 31.9 Å². The van der Waals surface area contributed by atoms with Gasteiger partial charge in [-0.2, -0.15) is 0 Å². The van der Waals surface area contributed by atoms with Crippen LogP contribution in [-0.2, 0) is 4.74 Å². The van der Waals surface area contributed by atoms with Crippen LogP contribution in [0.5, 0.6) is 17.4 Å². The molecule has 2 aromatic carbocycles. The summed E-state index contributed by atoms with van der Waals surface area (Å²) in [6.45, 7) is 6.98. The molecule has 1 unspecified atom stereocenters. The van der Waals surface area contributed by atoms with Crippen LogP contribution in [0.15, 0.2) is 42.7 Å². The number of aromatic nitrogens is 2. The molecule has 0 spiro atoms. The van der Waals surface area contributed by atoms with Crippen molar-refractivity contribution in [1.82, 2.24) is 9.97 Å². The number of fused-ring (bicyclic) bond motifs is 1. The number of hydrogen-bond acceptors (Lipinski definition) is 7. The van der Waals surface area contributed by atoms with Crippen molar-refractivity contribution < 1.29 is 19.0 Å². The molecule has 1 fully saturated rings. The van der Waals surface area contributed by atoms with Gasteiger partial charge in [-0.15, -0.1) is 0 Å². The molecule has 2 heterocycles. The molecule has 0 aliphatic carbocycles. The molecule has 1 aromatic heterocycles. The van der Waals surface area contributed by atoms with Crippen LogP contribution >= 0.6 is 0 Å². The van der Waals surface area contributed by atoms with Gasteiger partial charge in [0.05, 0.1) is 30.2 Å². The van der Waals surface area contributed by atoms with Crippen LogP contribution in [0, 0.1) is 5.92 Å². The Morgan fingerprint density at radius 2 is 1.97 bits per heavy atom. The Kier molecular flexibility index (Phi) is 7.52. The zero-order chi connectivity index (χ0) is 25.9. The highest BCUT2D eigenvalue weighted by Crippen LogP contribution is 2.42. The molecule has 1 atom stereocenters. The molecule has 0 radical (unpaired) electrons. The third-order valence-electron chi connectivity index (χ3n) is 6.59. The smallest absolute Gasteiger partial charge is 0.415 e. The number of carbonyl (C=O) groups excluding carboxylic acids is 1. The minimum absolute atomic E-state index is 0.358. The molecule has 1 aliphatic heterocycles. The maximum Gasteiger partial charge on any atom is 0.415 e. The highest BCUT2D eigenvalue weighted by atomic mass is 16.6. The summed E-state index contributed by atoms with van der Waals surface area (Å²) < 4.78 is 17.9. The van der Waals surface area contributed by atoms with Crippen LogP contribution in [0.1, 0.15) is 46.5 Å². The van der Waals surface area contributed by atoms with Crippen molar-refractivity contribution in [3.8, 4) is 17.4 Å². The maximum absolute atomic E-state index is 13.2. The SMILES string of the molecule is CCCC1(CCC(C)C)CN(c2cc3c(Oc4cccc(N(C)C)c4)ncnc3cc2OC)C(=O)O1. The molecule has 8 heteroatoms. The highest BCUT2D eigenvalue weighted by molar-refractivity contribution is 5.97. The van der Waals surface area contributed by atoms with Gasteiger partial charge in [0.25, 0.3) is 0 Å².